The molecule has 1 heterocycles. The van der Waals surface area contributed by atoms with Crippen LogP contribution in [0.2, 0.25) is 5.02 Å². The summed E-state index contributed by atoms with van der Waals surface area (Å²) in [7, 11) is 0. The summed E-state index contributed by atoms with van der Waals surface area (Å²) in [4.78, 5) is 10.8. The normalized spacial score (nSPS) is 11.1. The molecule has 0 saturated carbocycles. The highest BCUT2D eigenvalue weighted by atomic mass is 35.5. The van der Waals surface area contributed by atoms with Crippen LogP contribution in [0.15, 0.2) is 48.2 Å². The zero-order chi connectivity index (χ0) is 13.8. The van der Waals surface area contributed by atoms with Crippen molar-refractivity contribution >= 4 is 23.6 Å². The Morgan fingerprint density at radius 2 is 2.00 bits per heavy atom. The molecule has 0 aliphatic rings. The Bertz CT molecular complexity index is 678. The number of carboxylic acids is 1. The number of nitriles is 1. The van der Waals surface area contributed by atoms with Crippen LogP contribution in [0.1, 0.15) is 5.69 Å². The van der Waals surface area contributed by atoms with Crippen LogP contribution < -0.4 is 0 Å². The van der Waals surface area contributed by atoms with Crippen LogP contribution in [-0.2, 0) is 4.79 Å². The van der Waals surface area contributed by atoms with Gasteiger partial charge in [0.1, 0.15) is 11.6 Å². The molecule has 5 heteroatoms. The van der Waals surface area contributed by atoms with E-state index in [1.54, 1.807) is 41.1 Å². The van der Waals surface area contributed by atoms with E-state index in [9.17, 15) is 4.79 Å². The third kappa shape index (κ3) is 2.84. The van der Waals surface area contributed by atoms with Crippen molar-refractivity contribution in [2.24, 2.45) is 0 Å². The predicted molar refractivity (Wildman–Crippen MR) is 72.0 cm³/mol. The highest BCUT2D eigenvalue weighted by molar-refractivity contribution is 6.30. The van der Waals surface area contributed by atoms with Gasteiger partial charge in [0.2, 0.25) is 0 Å². The molecule has 1 aromatic carbocycles. The van der Waals surface area contributed by atoms with Gasteiger partial charge in [0.15, 0.2) is 0 Å². The van der Waals surface area contributed by atoms with Gasteiger partial charge in [-0.15, -0.1) is 0 Å². The molecule has 0 atom stereocenters. The highest BCUT2D eigenvalue weighted by Crippen LogP contribution is 2.18. The van der Waals surface area contributed by atoms with E-state index in [-0.39, 0.29) is 5.57 Å². The van der Waals surface area contributed by atoms with E-state index in [0.717, 1.165) is 5.69 Å². The Hall–Kier alpha value is -2.51. The smallest absolute Gasteiger partial charge is 0.346 e. The number of rotatable bonds is 3. The van der Waals surface area contributed by atoms with Gasteiger partial charge >= 0.3 is 5.97 Å². The number of hydrogen-bond donors (Lipinski definition) is 1. The van der Waals surface area contributed by atoms with Gasteiger partial charge in [-0.2, -0.15) is 5.26 Å². The van der Waals surface area contributed by atoms with Gasteiger partial charge in [-0.05, 0) is 42.5 Å². The van der Waals surface area contributed by atoms with Crippen LogP contribution in [0.3, 0.4) is 0 Å². The summed E-state index contributed by atoms with van der Waals surface area (Å²) in [5.41, 5.74) is 1.14. The predicted octanol–water partition coefficient (Wildman–Crippen LogP) is 3.12. The zero-order valence-corrected chi connectivity index (χ0v) is 10.5. The van der Waals surface area contributed by atoms with Crippen molar-refractivity contribution in [2.75, 3.05) is 0 Å². The number of hydrogen-bond acceptors (Lipinski definition) is 2. The quantitative estimate of drug-likeness (QED) is 0.689. The lowest BCUT2D eigenvalue weighted by Gasteiger charge is -2.06. The molecular formula is C14H9ClN2O2. The van der Waals surface area contributed by atoms with E-state index in [0.29, 0.717) is 10.7 Å². The molecule has 1 aromatic heterocycles. The van der Waals surface area contributed by atoms with Gasteiger partial charge in [0, 0.05) is 22.6 Å². The first-order chi connectivity index (χ1) is 9.11. The summed E-state index contributed by atoms with van der Waals surface area (Å²) in [6.07, 6.45) is 3.11. The molecule has 2 rings (SSSR count). The molecule has 0 amide bonds. The number of benzene rings is 1. The van der Waals surface area contributed by atoms with Crippen molar-refractivity contribution in [1.82, 2.24) is 4.57 Å². The Morgan fingerprint density at radius 1 is 1.32 bits per heavy atom. The molecule has 0 radical (unpaired) electrons. The average molecular weight is 273 g/mol. The largest absolute Gasteiger partial charge is 0.477 e. The molecule has 1 N–H and O–H groups in total. The van der Waals surface area contributed by atoms with Crippen molar-refractivity contribution in [3.05, 3.63) is 58.9 Å². The number of nitrogens with zero attached hydrogens (tertiary/aromatic N) is 2. The monoisotopic (exact) mass is 272 g/mol. The molecule has 0 aliphatic carbocycles. The summed E-state index contributed by atoms with van der Waals surface area (Å²) < 4.78 is 1.77. The minimum Gasteiger partial charge on any atom is -0.477 e. The third-order valence-corrected chi connectivity index (χ3v) is 2.78. The van der Waals surface area contributed by atoms with Crippen LogP contribution in [0, 0.1) is 11.3 Å². The molecule has 0 aliphatic heterocycles. The number of aliphatic carboxylic acids is 1. The SMILES string of the molecule is N#CC(=Cc1cccn1-c1ccc(Cl)cc1)C(=O)O. The molecule has 0 spiro atoms. The van der Waals surface area contributed by atoms with Crippen molar-refractivity contribution < 1.29 is 9.90 Å². The molecular weight excluding hydrogens is 264 g/mol. The van der Waals surface area contributed by atoms with Crippen LogP contribution in [0.25, 0.3) is 11.8 Å². The summed E-state index contributed by atoms with van der Waals surface area (Å²) in [6, 6.07) is 12.3. The Balaban J connectivity index is 2.46. The lowest BCUT2D eigenvalue weighted by Crippen LogP contribution is -2.00. The number of aromatic nitrogens is 1. The summed E-state index contributed by atoms with van der Waals surface area (Å²) in [5, 5.41) is 18.2. The van der Waals surface area contributed by atoms with E-state index in [4.69, 9.17) is 22.0 Å². The fourth-order valence-corrected chi connectivity index (χ4v) is 1.76. The molecule has 0 bridgehead atoms. The second-order valence-corrected chi connectivity index (χ2v) is 4.19. The Labute approximate surface area is 114 Å². The molecule has 0 unspecified atom stereocenters. The third-order valence-electron chi connectivity index (χ3n) is 2.53. The zero-order valence-electron chi connectivity index (χ0n) is 9.75. The fraction of sp³-hybridized carbons (Fsp3) is 0. The maximum absolute atomic E-state index is 10.8. The lowest BCUT2D eigenvalue weighted by atomic mass is 10.2. The van der Waals surface area contributed by atoms with Crippen molar-refractivity contribution in [3.63, 3.8) is 0 Å². The summed E-state index contributed by atoms with van der Waals surface area (Å²) in [6.45, 7) is 0. The number of carboxylic acid groups (broad SMARTS) is 1. The van der Waals surface area contributed by atoms with Crippen molar-refractivity contribution in [1.29, 1.82) is 5.26 Å². The van der Waals surface area contributed by atoms with Crippen molar-refractivity contribution in [2.45, 2.75) is 0 Å². The van der Waals surface area contributed by atoms with Gasteiger partial charge in [-0.3, -0.25) is 0 Å². The maximum atomic E-state index is 10.8. The van der Waals surface area contributed by atoms with Gasteiger partial charge in [0.05, 0.1) is 0 Å². The maximum Gasteiger partial charge on any atom is 0.346 e. The Kier molecular flexibility index (Phi) is 3.69. The van der Waals surface area contributed by atoms with E-state index >= 15 is 0 Å². The van der Waals surface area contributed by atoms with E-state index in [2.05, 4.69) is 0 Å². The minimum absolute atomic E-state index is 0.311. The van der Waals surface area contributed by atoms with Crippen LogP contribution in [-0.4, -0.2) is 15.6 Å². The second-order valence-electron chi connectivity index (χ2n) is 3.75. The number of halogens is 1. The molecule has 0 fully saturated rings. The minimum atomic E-state index is -1.24. The molecule has 2 aromatic rings. The highest BCUT2D eigenvalue weighted by Gasteiger charge is 2.08. The average Bonchev–Trinajstić information content (AvgIpc) is 2.84. The fourth-order valence-electron chi connectivity index (χ4n) is 1.64. The van der Waals surface area contributed by atoms with Gasteiger partial charge in [0.25, 0.3) is 0 Å². The van der Waals surface area contributed by atoms with E-state index in [1.165, 1.54) is 6.08 Å². The van der Waals surface area contributed by atoms with Gasteiger partial charge < -0.3 is 9.67 Å². The molecule has 94 valence electrons. The topological polar surface area (TPSA) is 66.0 Å². The summed E-state index contributed by atoms with van der Waals surface area (Å²) in [5.74, 6) is -1.24. The standard InChI is InChI=1S/C14H9ClN2O2/c15-11-3-5-12(6-4-11)17-7-1-2-13(17)8-10(9-16)14(18)19/h1-8H,(H,18,19). The van der Waals surface area contributed by atoms with Crippen LogP contribution in [0.5, 0.6) is 0 Å². The Morgan fingerprint density at radius 3 is 2.58 bits per heavy atom. The van der Waals surface area contributed by atoms with Crippen LogP contribution >= 0.6 is 11.6 Å². The molecule has 4 nitrogen and oxygen atoms in total. The van der Waals surface area contributed by atoms with Gasteiger partial charge in [-0.25, -0.2) is 4.79 Å². The lowest BCUT2D eigenvalue weighted by molar-refractivity contribution is -0.132. The van der Waals surface area contributed by atoms with E-state index in [1.807, 2.05) is 12.1 Å². The summed E-state index contributed by atoms with van der Waals surface area (Å²) >= 11 is 5.82. The number of carbonyl (C=O) groups is 1. The van der Waals surface area contributed by atoms with Crippen molar-refractivity contribution in [3.8, 4) is 11.8 Å². The first-order valence-corrected chi connectivity index (χ1v) is 5.78. The van der Waals surface area contributed by atoms with E-state index < -0.39 is 5.97 Å². The first kappa shape index (κ1) is 12.9. The first-order valence-electron chi connectivity index (χ1n) is 5.40. The molecule has 19 heavy (non-hydrogen) atoms. The molecule has 0 saturated heterocycles. The van der Waals surface area contributed by atoms with Gasteiger partial charge in [-0.1, -0.05) is 11.6 Å². The van der Waals surface area contributed by atoms with Crippen LogP contribution in [0.4, 0.5) is 0 Å². The second kappa shape index (κ2) is 5.42.